The molecule has 1 unspecified atom stereocenters. The maximum atomic E-state index is 5.64. The monoisotopic (exact) mass is 212 g/mol. The predicted octanol–water partition coefficient (Wildman–Crippen LogP) is 3.21. The molecule has 1 N–H and O–H groups in total. The maximum Gasteiger partial charge on any atom is 0.0402 e. The van der Waals surface area contributed by atoms with Crippen LogP contribution in [-0.4, -0.2) is 16.9 Å². The van der Waals surface area contributed by atoms with Crippen LogP contribution in [0.1, 0.15) is 25.3 Å². The van der Waals surface area contributed by atoms with E-state index in [0.29, 0.717) is 6.04 Å². The highest BCUT2D eigenvalue weighted by molar-refractivity contribution is 6.17. The first-order valence-electron chi connectivity index (χ1n) is 4.97. The molecule has 0 bridgehead atoms. The first-order chi connectivity index (χ1) is 6.74. The Balaban J connectivity index is 2.47. The number of hydrogen-bond donors (Lipinski definition) is 1. The van der Waals surface area contributed by atoms with E-state index in [0.717, 1.165) is 18.7 Å². The van der Waals surface area contributed by atoms with Gasteiger partial charge in [0, 0.05) is 30.0 Å². The van der Waals surface area contributed by atoms with E-state index < -0.39 is 0 Å². The van der Waals surface area contributed by atoms with Crippen molar-refractivity contribution in [1.29, 1.82) is 0 Å². The molecule has 78 valence electrons. The standard InChI is InChI=1S/C11H17ClN2/c1-9-8-13-7-5-11(9)14-10(2)4-3-6-12/h5,7-8,10H,3-4,6H2,1-2H3,(H,13,14). The molecule has 1 rings (SSSR count). The molecule has 1 heterocycles. The molecular weight excluding hydrogens is 196 g/mol. The highest BCUT2D eigenvalue weighted by Crippen LogP contribution is 2.14. The van der Waals surface area contributed by atoms with E-state index in [-0.39, 0.29) is 0 Å². The minimum absolute atomic E-state index is 0.467. The van der Waals surface area contributed by atoms with Gasteiger partial charge in [0.05, 0.1) is 0 Å². The van der Waals surface area contributed by atoms with Crippen molar-refractivity contribution in [3.63, 3.8) is 0 Å². The summed E-state index contributed by atoms with van der Waals surface area (Å²) in [7, 11) is 0. The third-order valence-electron chi connectivity index (χ3n) is 2.19. The fourth-order valence-corrected chi connectivity index (χ4v) is 1.51. The lowest BCUT2D eigenvalue weighted by Crippen LogP contribution is -2.15. The smallest absolute Gasteiger partial charge is 0.0402 e. The van der Waals surface area contributed by atoms with Crippen LogP contribution >= 0.6 is 11.6 Å². The summed E-state index contributed by atoms with van der Waals surface area (Å²) in [6, 6.07) is 2.47. The molecule has 0 aromatic carbocycles. The van der Waals surface area contributed by atoms with Crippen molar-refractivity contribution in [3.8, 4) is 0 Å². The molecule has 0 saturated carbocycles. The first-order valence-corrected chi connectivity index (χ1v) is 5.50. The van der Waals surface area contributed by atoms with Gasteiger partial charge in [-0.15, -0.1) is 11.6 Å². The molecule has 1 aromatic rings. The number of nitrogens with one attached hydrogen (secondary N) is 1. The van der Waals surface area contributed by atoms with Crippen molar-refractivity contribution >= 4 is 17.3 Å². The fourth-order valence-electron chi connectivity index (χ4n) is 1.36. The van der Waals surface area contributed by atoms with Gasteiger partial charge < -0.3 is 5.32 Å². The van der Waals surface area contributed by atoms with E-state index in [1.54, 1.807) is 0 Å². The van der Waals surface area contributed by atoms with Crippen LogP contribution in [0.2, 0.25) is 0 Å². The van der Waals surface area contributed by atoms with Crippen LogP contribution in [0, 0.1) is 6.92 Å². The van der Waals surface area contributed by atoms with Gasteiger partial charge in [-0.2, -0.15) is 0 Å². The van der Waals surface area contributed by atoms with Crippen molar-refractivity contribution in [2.45, 2.75) is 32.7 Å². The molecule has 14 heavy (non-hydrogen) atoms. The van der Waals surface area contributed by atoms with Gasteiger partial charge in [0.1, 0.15) is 0 Å². The number of anilines is 1. The van der Waals surface area contributed by atoms with Gasteiger partial charge in [-0.3, -0.25) is 4.98 Å². The van der Waals surface area contributed by atoms with Gasteiger partial charge in [-0.1, -0.05) is 0 Å². The average Bonchev–Trinajstić information content (AvgIpc) is 2.18. The SMILES string of the molecule is Cc1cnccc1NC(C)CCCCl. The summed E-state index contributed by atoms with van der Waals surface area (Å²) in [5.41, 5.74) is 2.35. The van der Waals surface area contributed by atoms with Gasteiger partial charge in [-0.05, 0) is 38.3 Å². The molecule has 0 fully saturated rings. The lowest BCUT2D eigenvalue weighted by atomic mass is 10.1. The molecule has 0 radical (unpaired) electrons. The molecule has 0 spiro atoms. The van der Waals surface area contributed by atoms with Gasteiger partial charge in [0.2, 0.25) is 0 Å². The van der Waals surface area contributed by atoms with Crippen LogP contribution in [0.3, 0.4) is 0 Å². The quantitative estimate of drug-likeness (QED) is 0.759. The summed E-state index contributed by atoms with van der Waals surface area (Å²) >= 11 is 5.64. The molecule has 2 nitrogen and oxygen atoms in total. The summed E-state index contributed by atoms with van der Waals surface area (Å²) in [4.78, 5) is 4.05. The topological polar surface area (TPSA) is 24.9 Å². The first kappa shape index (κ1) is 11.3. The van der Waals surface area contributed by atoms with Crippen molar-refractivity contribution < 1.29 is 0 Å². The Morgan fingerprint density at radius 2 is 2.36 bits per heavy atom. The van der Waals surface area contributed by atoms with Crippen molar-refractivity contribution in [3.05, 3.63) is 24.0 Å². The number of halogens is 1. The van der Waals surface area contributed by atoms with E-state index >= 15 is 0 Å². The second-order valence-corrected chi connectivity index (χ2v) is 3.95. The lowest BCUT2D eigenvalue weighted by Gasteiger charge is -2.15. The highest BCUT2D eigenvalue weighted by Gasteiger charge is 2.02. The third-order valence-corrected chi connectivity index (χ3v) is 2.46. The van der Waals surface area contributed by atoms with E-state index in [9.17, 15) is 0 Å². The van der Waals surface area contributed by atoms with Crippen molar-refractivity contribution in [2.24, 2.45) is 0 Å². The lowest BCUT2D eigenvalue weighted by molar-refractivity contribution is 0.692. The Morgan fingerprint density at radius 3 is 3.00 bits per heavy atom. The molecule has 1 atom stereocenters. The zero-order chi connectivity index (χ0) is 10.4. The third kappa shape index (κ3) is 3.54. The number of aryl methyl sites for hydroxylation is 1. The van der Waals surface area contributed by atoms with Crippen LogP contribution in [0.15, 0.2) is 18.5 Å². The Morgan fingerprint density at radius 1 is 1.57 bits per heavy atom. The van der Waals surface area contributed by atoms with Crippen molar-refractivity contribution in [1.82, 2.24) is 4.98 Å². The van der Waals surface area contributed by atoms with E-state index in [1.807, 2.05) is 18.5 Å². The Kier molecular flexibility index (Phi) is 4.74. The minimum atomic E-state index is 0.467. The fraction of sp³-hybridized carbons (Fsp3) is 0.545. The van der Waals surface area contributed by atoms with E-state index in [2.05, 4.69) is 24.1 Å². The zero-order valence-corrected chi connectivity index (χ0v) is 9.51. The van der Waals surface area contributed by atoms with Crippen LogP contribution in [0.5, 0.6) is 0 Å². The number of nitrogens with zero attached hydrogens (tertiary/aromatic N) is 1. The number of pyridine rings is 1. The molecular formula is C11H17ClN2. The van der Waals surface area contributed by atoms with Crippen LogP contribution in [-0.2, 0) is 0 Å². The second-order valence-electron chi connectivity index (χ2n) is 3.57. The van der Waals surface area contributed by atoms with Crippen LogP contribution in [0.4, 0.5) is 5.69 Å². The summed E-state index contributed by atoms with van der Waals surface area (Å²) < 4.78 is 0. The van der Waals surface area contributed by atoms with Crippen molar-refractivity contribution in [2.75, 3.05) is 11.2 Å². The number of alkyl halides is 1. The molecule has 3 heteroatoms. The molecule has 0 amide bonds. The van der Waals surface area contributed by atoms with Crippen LogP contribution in [0.25, 0.3) is 0 Å². The zero-order valence-electron chi connectivity index (χ0n) is 8.76. The minimum Gasteiger partial charge on any atom is -0.382 e. The van der Waals surface area contributed by atoms with Gasteiger partial charge >= 0.3 is 0 Å². The van der Waals surface area contributed by atoms with E-state index in [4.69, 9.17) is 11.6 Å². The van der Waals surface area contributed by atoms with Gasteiger partial charge in [-0.25, -0.2) is 0 Å². The molecule has 0 saturated heterocycles. The Labute approximate surface area is 90.7 Å². The summed E-state index contributed by atoms with van der Waals surface area (Å²) in [6.45, 7) is 4.23. The van der Waals surface area contributed by atoms with E-state index in [1.165, 1.54) is 11.3 Å². The summed E-state index contributed by atoms with van der Waals surface area (Å²) in [5, 5.41) is 3.45. The predicted molar refractivity (Wildman–Crippen MR) is 62.0 cm³/mol. The van der Waals surface area contributed by atoms with Gasteiger partial charge in [0.15, 0.2) is 0 Å². The summed E-state index contributed by atoms with van der Waals surface area (Å²) in [6.07, 6.45) is 5.84. The number of hydrogen-bond acceptors (Lipinski definition) is 2. The Hall–Kier alpha value is -0.760. The summed E-state index contributed by atoms with van der Waals surface area (Å²) in [5.74, 6) is 0.737. The average molecular weight is 213 g/mol. The molecule has 0 aliphatic heterocycles. The van der Waals surface area contributed by atoms with Crippen LogP contribution < -0.4 is 5.32 Å². The Bertz CT molecular complexity index is 276. The molecule has 1 aromatic heterocycles. The molecule has 0 aliphatic carbocycles. The maximum absolute atomic E-state index is 5.64. The highest BCUT2D eigenvalue weighted by atomic mass is 35.5. The normalized spacial score (nSPS) is 12.5. The number of rotatable bonds is 5. The largest absolute Gasteiger partial charge is 0.382 e. The molecule has 0 aliphatic rings. The second kappa shape index (κ2) is 5.86. The van der Waals surface area contributed by atoms with Gasteiger partial charge in [0.25, 0.3) is 0 Å². The number of aromatic nitrogens is 1.